The van der Waals surface area contributed by atoms with Gasteiger partial charge in [0.1, 0.15) is 11.6 Å². The van der Waals surface area contributed by atoms with E-state index in [0.717, 1.165) is 0 Å². The van der Waals surface area contributed by atoms with E-state index in [1.807, 2.05) is 0 Å². The fraction of sp³-hybridized carbons (Fsp3) is 0.300. The topological polar surface area (TPSA) is 47.6 Å². The van der Waals surface area contributed by atoms with Gasteiger partial charge in [0.15, 0.2) is 0 Å². The van der Waals surface area contributed by atoms with Crippen LogP contribution in [0, 0.1) is 0 Å². The number of ether oxygens (including phenoxy) is 1. The van der Waals surface area contributed by atoms with Crippen molar-refractivity contribution in [2.75, 3.05) is 5.88 Å². The van der Waals surface area contributed by atoms with Crippen molar-refractivity contribution in [2.24, 2.45) is 10.7 Å². The van der Waals surface area contributed by atoms with E-state index in [1.54, 1.807) is 0 Å². The van der Waals surface area contributed by atoms with Crippen molar-refractivity contribution in [1.82, 2.24) is 0 Å². The number of hydrogen-bond donors (Lipinski definition) is 1. The minimum atomic E-state index is -5.09. The van der Waals surface area contributed by atoms with E-state index < -0.39 is 29.5 Å². The molecule has 10 heteroatoms. The lowest BCUT2D eigenvalue weighted by molar-refractivity contribution is -0.274. The molecule has 0 bridgehead atoms. The average Bonchev–Trinajstić information content (AvgIpc) is 2.27. The summed E-state index contributed by atoms with van der Waals surface area (Å²) in [4.78, 5) is 3.39. The van der Waals surface area contributed by atoms with Crippen LogP contribution in [-0.4, -0.2) is 18.1 Å². The molecular weight excluding hydrogens is 314 g/mol. The fourth-order valence-corrected chi connectivity index (χ4v) is 1.28. The molecule has 0 radical (unpaired) electrons. The lowest BCUT2D eigenvalue weighted by Gasteiger charge is -2.14. The van der Waals surface area contributed by atoms with Gasteiger partial charge in [-0.25, -0.2) is 4.99 Å². The summed E-state index contributed by atoms with van der Waals surface area (Å²) >= 11 is 5.28. The van der Waals surface area contributed by atoms with Gasteiger partial charge < -0.3 is 10.5 Å². The van der Waals surface area contributed by atoms with Crippen molar-refractivity contribution >= 4 is 23.1 Å². The average molecular weight is 321 g/mol. The Morgan fingerprint density at radius 1 is 1.20 bits per heavy atom. The van der Waals surface area contributed by atoms with Gasteiger partial charge in [-0.1, -0.05) is 0 Å². The molecule has 0 saturated carbocycles. The Kier molecular flexibility index (Phi) is 4.74. The highest BCUT2D eigenvalue weighted by Gasteiger charge is 2.36. The van der Waals surface area contributed by atoms with Gasteiger partial charge in [-0.3, -0.25) is 0 Å². The van der Waals surface area contributed by atoms with Gasteiger partial charge in [-0.05, 0) is 18.2 Å². The van der Waals surface area contributed by atoms with Crippen LogP contribution in [0.5, 0.6) is 5.75 Å². The highest BCUT2D eigenvalue weighted by molar-refractivity contribution is 6.28. The summed E-state index contributed by atoms with van der Waals surface area (Å²) in [6, 6.07) is 1.60. The zero-order valence-corrected chi connectivity index (χ0v) is 10.3. The summed E-state index contributed by atoms with van der Waals surface area (Å²) in [5.41, 5.74) is 3.14. The summed E-state index contributed by atoms with van der Waals surface area (Å²) < 4.78 is 77.5. The van der Waals surface area contributed by atoms with Crippen LogP contribution in [0.2, 0.25) is 0 Å². The number of rotatable bonds is 3. The SMILES string of the molecule is NC(CCl)=Nc1ccc(OC(F)(F)F)cc1C(F)(F)F. The first-order chi connectivity index (χ1) is 9.03. The van der Waals surface area contributed by atoms with Crippen LogP contribution >= 0.6 is 11.6 Å². The van der Waals surface area contributed by atoms with E-state index in [2.05, 4.69) is 9.73 Å². The Bertz CT molecular complexity index is 511. The Balaban J connectivity index is 3.28. The molecule has 1 aromatic rings. The zero-order chi connectivity index (χ0) is 15.6. The second kappa shape index (κ2) is 5.78. The van der Waals surface area contributed by atoms with Crippen molar-refractivity contribution in [1.29, 1.82) is 0 Å². The normalized spacial score (nSPS) is 13.4. The van der Waals surface area contributed by atoms with Gasteiger partial charge in [0, 0.05) is 0 Å². The van der Waals surface area contributed by atoms with Gasteiger partial charge in [-0.15, -0.1) is 24.8 Å². The molecule has 0 fully saturated rings. The van der Waals surface area contributed by atoms with Crippen LogP contribution in [0.3, 0.4) is 0 Å². The maximum atomic E-state index is 12.7. The maximum absolute atomic E-state index is 12.7. The third-order valence-corrected chi connectivity index (χ3v) is 2.18. The molecule has 1 aromatic carbocycles. The van der Waals surface area contributed by atoms with E-state index in [-0.39, 0.29) is 17.8 Å². The molecule has 3 nitrogen and oxygen atoms in total. The molecule has 112 valence electrons. The molecule has 20 heavy (non-hydrogen) atoms. The fourth-order valence-electron chi connectivity index (χ4n) is 1.22. The maximum Gasteiger partial charge on any atom is 0.573 e. The molecule has 2 N–H and O–H groups in total. The summed E-state index contributed by atoms with van der Waals surface area (Å²) in [6.07, 6.45) is -10.0. The third-order valence-electron chi connectivity index (χ3n) is 1.91. The number of nitrogens with two attached hydrogens (primary N) is 1. The van der Waals surface area contributed by atoms with Gasteiger partial charge in [0.25, 0.3) is 0 Å². The number of amidine groups is 1. The van der Waals surface area contributed by atoms with Crippen LogP contribution in [0.4, 0.5) is 32.0 Å². The minimum absolute atomic E-state index is 0.188. The van der Waals surface area contributed by atoms with E-state index in [9.17, 15) is 26.3 Å². The molecule has 0 aromatic heterocycles. The van der Waals surface area contributed by atoms with Crippen molar-refractivity contribution in [2.45, 2.75) is 12.5 Å². The van der Waals surface area contributed by atoms with Crippen LogP contribution < -0.4 is 10.5 Å². The summed E-state index contributed by atoms with van der Waals surface area (Å²) in [7, 11) is 0. The lowest BCUT2D eigenvalue weighted by atomic mass is 10.1. The van der Waals surface area contributed by atoms with Gasteiger partial charge >= 0.3 is 12.5 Å². The van der Waals surface area contributed by atoms with Crippen LogP contribution in [-0.2, 0) is 6.18 Å². The smallest absolute Gasteiger partial charge is 0.406 e. The number of halogens is 7. The monoisotopic (exact) mass is 320 g/mol. The molecule has 0 atom stereocenters. The molecule has 0 saturated heterocycles. The predicted octanol–water partition coefficient (Wildman–Crippen LogP) is 3.83. The number of aliphatic imine (C=N–C) groups is 1. The van der Waals surface area contributed by atoms with Crippen molar-refractivity contribution < 1.29 is 31.1 Å². The second-order valence-corrected chi connectivity index (χ2v) is 3.73. The number of benzene rings is 1. The Hall–Kier alpha value is -1.64. The van der Waals surface area contributed by atoms with Gasteiger partial charge in [-0.2, -0.15) is 13.2 Å². The van der Waals surface area contributed by atoms with Crippen LogP contribution in [0.15, 0.2) is 23.2 Å². The van der Waals surface area contributed by atoms with E-state index in [0.29, 0.717) is 12.1 Å². The first-order valence-corrected chi connectivity index (χ1v) is 5.42. The number of hydrogen-bond acceptors (Lipinski definition) is 2. The van der Waals surface area contributed by atoms with Gasteiger partial charge in [0.05, 0.1) is 17.1 Å². The first kappa shape index (κ1) is 16.4. The Morgan fingerprint density at radius 3 is 2.25 bits per heavy atom. The van der Waals surface area contributed by atoms with Crippen molar-refractivity contribution in [3.8, 4) is 5.75 Å². The number of alkyl halides is 7. The minimum Gasteiger partial charge on any atom is -0.406 e. The van der Waals surface area contributed by atoms with Crippen molar-refractivity contribution in [3.63, 3.8) is 0 Å². The van der Waals surface area contributed by atoms with Gasteiger partial charge in [0.2, 0.25) is 0 Å². The molecule has 0 heterocycles. The second-order valence-electron chi connectivity index (χ2n) is 3.46. The molecule has 0 aliphatic heterocycles. The summed E-state index contributed by atoms with van der Waals surface area (Å²) in [5.74, 6) is -1.63. The molecular formula is C10H7ClF6N2O. The van der Waals surface area contributed by atoms with Crippen molar-refractivity contribution in [3.05, 3.63) is 23.8 Å². The third kappa shape index (κ3) is 4.80. The quantitative estimate of drug-likeness (QED) is 0.398. The zero-order valence-electron chi connectivity index (χ0n) is 9.52. The first-order valence-electron chi connectivity index (χ1n) is 4.89. The standard InChI is InChI=1S/C10H7ClF6N2O/c11-4-8(18)19-7-2-1-5(20-10(15,16)17)3-6(7)9(12,13)14/h1-3H,4H2,(H2,18,19). The summed E-state index contributed by atoms with van der Waals surface area (Å²) in [6.45, 7) is 0. The van der Waals surface area contributed by atoms with E-state index in [4.69, 9.17) is 17.3 Å². The molecule has 1 rings (SSSR count). The van der Waals surface area contributed by atoms with Crippen LogP contribution in [0.25, 0.3) is 0 Å². The van der Waals surface area contributed by atoms with Crippen LogP contribution in [0.1, 0.15) is 5.56 Å². The predicted molar refractivity (Wildman–Crippen MR) is 60.1 cm³/mol. The van der Waals surface area contributed by atoms with E-state index >= 15 is 0 Å². The Morgan fingerprint density at radius 2 is 1.80 bits per heavy atom. The van der Waals surface area contributed by atoms with E-state index in [1.165, 1.54) is 0 Å². The molecule has 0 aliphatic carbocycles. The molecule has 0 spiro atoms. The largest absolute Gasteiger partial charge is 0.573 e. The lowest BCUT2D eigenvalue weighted by Crippen LogP contribution is -2.18. The molecule has 0 amide bonds. The summed E-state index contributed by atoms with van der Waals surface area (Å²) in [5, 5.41) is 0. The highest BCUT2D eigenvalue weighted by atomic mass is 35.5. The molecule has 0 aliphatic rings. The molecule has 0 unspecified atom stereocenters. The Labute approximate surface area is 114 Å². The number of nitrogens with zero attached hydrogens (tertiary/aromatic N) is 1. The highest BCUT2D eigenvalue weighted by Crippen LogP contribution is 2.39.